The van der Waals surface area contributed by atoms with E-state index in [1.54, 1.807) is 48.5 Å². The van der Waals surface area contributed by atoms with E-state index in [-0.39, 0.29) is 17.9 Å². The molecule has 38 heavy (non-hydrogen) atoms. The molecule has 2 amide bonds. The van der Waals surface area contributed by atoms with Gasteiger partial charge in [-0.05, 0) is 66.9 Å². The molecule has 8 heteroatoms. The minimum Gasteiger partial charge on any atom is -0.504 e. The quantitative estimate of drug-likeness (QED) is 0.358. The van der Waals surface area contributed by atoms with Crippen LogP contribution in [-0.2, 0) is 15.0 Å². The van der Waals surface area contributed by atoms with Gasteiger partial charge in [-0.25, -0.2) is 4.39 Å². The molecule has 1 aliphatic carbocycles. The number of amides is 2. The van der Waals surface area contributed by atoms with Gasteiger partial charge in [0.25, 0.3) is 11.8 Å². The highest BCUT2D eigenvalue weighted by Gasteiger charge is 2.66. The lowest BCUT2D eigenvalue weighted by atomic mass is 9.56. The molecule has 1 heterocycles. The summed E-state index contributed by atoms with van der Waals surface area (Å²) in [5, 5.41) is 12.8. The molecule has 2 N–H and O–H groups in total. The van der Waals surface area contributed by atoms with Gasteiger partial charge < -0.3 is 9.84 Å². The molecular formula is C30H26ClFN2O4. The number of phenols is 1. The molecule has 1 fully saturated rings. The number of nitrogens with zero attached hydrogens (tertiary/aromatic N) is 1. The van der Waals surface area contributed by atoms with E-state index >= 15 is 0 Å². The highest BCUT2D eigenvalue weighted by atomic mass is 35.5. The van der Waals surface area contributed by atoms with Crippen LogP contribution in [0.4, 0.5) is 10.1 Å². The minimum absolute atomic E-state index is 0.105. The Morgan fingerprint density at radius 3 is 2.53 bits per heavy atom. The molecule has 3 unspecified atom stereocenters. The summed E-state index contributed by atoms with van der Waals surface area (Å²) in [7, 11) is 0. The van der Waals surface area contributed by atoms with Crippen LogP contribution in [0.1, 0.15) is 30.4 Å². The third kappa shape index (κ3) is 3.94. The average Bonchev–Trinajstić information content (AvgIpc) is 3.13. The molecule has 3 atom stereocenters. The van der Waals surface area contributed by atoms with Crippen molar-refractivity contribution in [1.29, 1.82) is 0 Å². The zero-order valence-electron chi connectivity index (χ0n) is 20.7. The first-order valence-corrected chi connectivity index (χ1v) is 12.6. The highest BCUT2D eigenvalue weighted by molar-refractivity contribution is 6.30. The largest absolute Gasteiger partial charge is 0.504 e. The maximum Gasteiger partial charge on any atom is 0.260 e. The molecule has 0 spiro atoms. The van der Waals surface area contributed by atoms with Crippen molar-refractivity contribution in [3.05, 3.63) is 113 Å². The summed E-state index contributed by atoms with van der Waals surface area (Å²) >= 11 is 6.21. The Hall–Kier alpha value is -4.10. The number of benzene rings is 3. The summed E-state index contributed by atoms with van der Waals surface area (Å²) < 4.78 is 19.2. The number of nitrogens with one attached hydrogen (secondary N) is 1. The van der Waals surface area contributed by atoms with E-state index in [0.29, 0.717) is 34.0 Å². The average molecular weight is 533 g/mol. The number of phenolic OH excluding ortho intramolecular Hbond substituents is 1. The number of aromatic hydroxyl groups is 1. The van der Waals surface area contributed by atoms with E-state index in [1.165, 1.54) is 24.3 Å². The van der Waals surface area contributed by atoms with E-state index < -0.39 is 34.9 Å². The Morgan fingerprint density at radius 2 is 1.87 bits per heavy atom. The molecular weight excluding hydrogens is 507 g/mol. The van der Waals surface area contributed by atoms with Crippen LogP contribution in [0.5, 0.6) is 11.5 Å². The molecule has 0 radical (unpaired) electrons. The molecule has 1 saturated heterocycles. The Bertz CT molecular complexity index is 1440. The summed E-state index contributed by atoms with van der Waals surface area (Å²) in [4.78, 5) is 28.5. The fraction of sp³-hybridized carbons (Fsp3) is 0.200. The Kier molecular flexibility index (Phi) is 6.71. The van der Waals surface area contributed by atoms with Crippen molar-refractivity contribution in [2.45, 2.75) is 24.7 Å². The lowest BCUT2D eigenvalue weighted by Gasteiger charge is -2.43. The number of carbonyl (C=O) groups is 2. The predicted octanol–water partition coefficient (Wildman–Crippen LogP) is 6.13. The normalized spacial score (nSPS) is 22.6. The topological polar surface area (TPSA) is 78.9 Å². The monoisotopic (exact) mass is 532 g/mol. The zero-order chi connectivity index (χ0) is 27.0. The second-order valence-electron chi connectivity index (χ2n) is 9.23. The Balaban J connectivity index is 1.75. The number of ether oxygens (including phenoxy) is 1. The van der Waals surface area contributed by atoms with Gasteiger partial charge in [0, 0.05) is 16.5 Å². The fourth-order valence-corrected chi connectivity index (χ4v) is 5.80. The van der Waals surface area contributed by atoms with Crippen molar-refractivity contribution < 1.29 is 23.8 Å². The van der Waals surface area contributed by atoms with Crippen molar-refractivity contribution in [3.63, 3.8) is 0 Å². The third-order valence-corrected chi connectivity index (χ3v) is 7.54. The first-order chi connectivity index (χ1) is 18.3. The van der Waals surface area contributed by atoms with Gasteiger partial charge in [0.2, 0.25) is 0 Å². The lowest BCUT2D eigenvalue weighted by molar-refractivity contribution is -0.138. The standard InChI is InChI=1S/C30H26ClFN2O4/c1-3-18-8-17-24-28(36)34(33-22-15-13-21(32)14-16-22)29(37)30(24,19-9-11-20(31)12-10-19)26(18)23-6-5-7-25(27(23)35)38-4-2/h3,5-16,24,26,33,35H,1,4,17H2,2H3. The van der Waals surface area contributed by atoms with E-state index in [9.17, 15) is 19.1 Å². The minimum atomic E-state index is -1.44. The third-order valence-electron chi connectivity index (χ3n) is 7.29. The second kappa shape index (κ2) is 9.99. The molecule has 0 aromatic heterocycles. The number of hydrogen-bond donors (Lipinski definition) is 2. The van der Waals surface area contributed by atoms with E-state index in [4.69, 9.17) is 16.3 Å². The summed E-state index contributed by atoms with van der Waals surface area (Å²) in [5.41, 5.74) is 3.55. The predicted molar refractivity (Wildman–Crippen MR) is 143 cm³/mol. The van der Waals surface area contributed by atoms with E-state index in [0.717, 1.165) is 5.01 Å². The first-order valence-electron chi connectivity index (χ1n) is 12.3. The lowest BCUT2D eigenvalue weighted by Crippen LogP contribution is -2.48. The number of anilines is 1. The smallest absolute Gasteiger partial charge is 0.260 e. The summed E-state index contributed by atoms with van der Waals surface area (Å²) in [6, 6.07) is 17.4. The van der Waals surface area contributed by atoms with Crippen LogP contribution in [0.25, 0.3) is 0 Å². The summed E-state index contributed by atoms with van der Waals surface area (Å²) in [6.07, 6.45) is 3.81. The Morgan fingerprint density at radius 1 is 1.16 bits per heavy atom. The number of halogens is 2. The van der Waals surface area contributed by atoms with Gasteiger partial charge in [-0.3, -0.25) is 15.0 Å². The van der Waals surface area contributed by atoms with Gasteiger partial charge in [0.15, 0.2) is 11.5 Å². The van der Waals surface area contributed by atoms with Gasteiger partial charge in [0.05, 0.1) is 23.6 Å². The van der Waals surface area contributed by atoms with Crippen molar-refractivity contribution in [1.82, 2.24) is 5.01 Å². The Labute approximate surface area is 225 Å². The SMILES string of the molecule is C=CC1=CCC2C(=O)N(Nc3ccc(F)cc3)C(=O)C2(c2ccc(Cl)cc2)C1c1cccc(OCC)c1O. The van der Waals surface area contributed by atoms with Crippen LogP contribution in [0, 0.1) is 11.7 Å². The number of rotatable bonds is 7. The van der Waals surface area contributed by atoms with Crippen LogP contribution >= 0.6 is 11.6 Å². The summed E-state index contributed by atoms with van der Waals surface area (Å²) in [5.74, 6) is -2.77. The van der Waals surface area contributed by atoms with Crippen LogP contribution in [-0.4, -0.2) is 28.5 Å². The van der Waals surface area contributed by atoms with Crippen LogP contribution < -0.4 is 10.2 Å². The number of allylic oxidation sites excluding steroid dienone is 3. The maximum absolute atomic E-state index is 14.6. The van der Waals surface area contributed by atoms with Crippen LogP contribution in [0.2, 0.25) is 5.02 Å². The van der Waals surface area contributed by atoms with Gasteiger partial charge in [0.1, 0.15) is 5.82 Å². The number of hydrazine groups is 1. The molecule has 3 aromatic carbocycles. The molecule has 0 bridgehead atoms. The molecule has 1 aliphatic heterocycles. The van der Waals surface area contributed by atoms with Crippen molar-refractivity contribution in [2.75, 3.05) is 12.0 Å². The van der Waals surface area contributed by atoms with Crippen LogP contribution in [0.3, 0.4) is 0 Å². The number of hydrogen-bond acceptors (Lipinski definition) is 5. The fourth-order valence-electron chi connectivity index (χ4n) is 5.68. The molecule has 6 nitrogen and oxygen atoms in total. The molecule has 5 rings (SSSR count). The van der Waals surface area contributed by atoms with Gasteiger partial charge in [-0.2, -0.15) is 5.01 Å². The molecule has 0 saturated carbocycles. The van der Waals surface area contributed by atoms with Crippen molar-refractivity contribution in [3.8, 4) is 11.5 Å². The first kappa shape index (κ1) is 25.5. The van der Waals surface area contributed by atoms with E-state index in [1.807, 2.05) is 13.0 Å². The van der Waals surface area contributed by atoms with Crippen LogP contribution in [0.15, 0.2) is 91.0 Å². The number of para-hydroxylation sites is 1. The number of imide groups is 1. The van der Waals surface area contributed by atoms with Crippen molar-refractivity contribution >= 4 is 29.1 Å². The molecule has 194 valence electrons. The van der Waals surface area contributed by atoms with E-state index in [2.05, 4.69) is 12.0 Å². The molecule has 3 aromatic rings. The van der Waals surface area contributed by atoms with Gasteiger partial charge in [-0.1, -0.05) is 54.6 Å². The summed E-state index contributed by atoms with van der Waals surface area (Å²) in [6.45, 7) is 6.13. The second-order valence-corrected chi connectivity index (χ2v) is 9.67. The van der Waals surface area contributed by atoms with Gasteiger partial charge >= 0.3 is 0 Å². The maximum atomic E-state index is 14.6. The molecule has 2 aliphatic rings. The van der Waals surface area contributed by atoms with Crippen molar-refractivity contribution in [2.24, 2.45) is 5.92 Å². The number of fused-ring (bicyclic) bond motifs is 1. The van der Waals surface area contributed by atoms with Gasteiger partial charge in [-0.15, -0.1) is 0 Å². The zero-order valence-corrected chi connectivity index (χ0v) is 21.4. The number of carbonyl (C=O) groups excluding carboxylic acids is 2. The highest BCUT2D eigenvalue weighted by Crippen LogP contribution is 2.59.